The predicted molar refractivity (Wildman–Crippen MR) is 97.3 cm³/mol. The Balaban J connectivity index is 1.42. The van der Waals surface area contributed by atoms with E-state index >= 15 is 0 Å². The first-order chi connectivity index (χ1) is 12.4. The second kappa shape index (κ2) is 7.17. The zero-order chi connectivity index (χ0) is 16.9. The van der Waals surface area contributed by atoms with Crippen LogP contribution < -0.4 is 15.4 Å². The van der Waals surface area contributed by atoms with Gasteiger partial charge in [0, 0.05) is 30.8 Å². The quantitative estimate of drug-likeness (QED) is 0.674. The van der Waals surface area contributed by atoms with Crippen molar-refractivity contribution in [1.29, 1.82) is 0 Å². The summed E-state index contributed by atoms with van der Waals surface area (Å²) in [6.45, 7) is 0.919. The Morgan fingerprint density at radius 3 is 2.52 bits per heavy atom. The number of anilines is 3. The number of pyridine rings is 1. The second-order valence-electron chi connectivity index (χ2n) is 6.00. The van der Waals surface area contributed by atoms with Gasteiger partial charge >= 0.3 is 0 Å². The van der Waals surface area contributed by atoms with Gasteiger partial charge in [0.25, 0.3) is 5.88 Å². The van der Waals surface area contributed by atoms with Gasteiger partial charge in [0.15, 0.2) is 5.82 Å². The molecule has 126 valence electrons. The number of hydrogen-bond acceptors (Lipinski definition) is 6. The van der Waals surface area contributed by atoms with Crippen LogP contribution in [0, 0.1) is 5.92 Å². The molecule has 1 aliphatic carbocycles. The van der Waals surface area contributed by atoms with Crippen molar-refractivity contribution >= 4 is 17.3 Å². The summed E-state index contributed by atoms with van der Waals surface area (Å²) < 4.78 is 5.89. The molecule has 0 atom stereocenters. The minimum atomic E-state index is 0.494. The first-order valence-corrected chi connectivity index (χ1v) is 8.38. The van der Waals surface area contributed by atoms with Crippen LogP contribution in [0.15, 0.2) is 61.1 Å². The number of nitrogens with one attached hydrogen (secondary N) is 2. The Kier molecular flexibility index (Phi) is 4.41. The first-order valence-electron chi connectivity index (χ1n) is 8.38. The Morgan fingerprint density at radius 2 is 1.76 bits per heavy atom. The summed E-state index contributed by atoms with van der Waals surface area (Å²) in [7, 11) is 0. The standard InChI is InChI=1S/C19H19N5O/c1-2-10-20-17(3-1)24-15-6-8-16(9-7-15)25-19-18(21-11-12-22-19)23-13-14-4-5-14/h1-3,6-12,14H,4-5,13H2,(H,20,24)(H,21,23). The van der Waals surface area contributed by atoms with E-state index in [0.717, 1.165) is 24.0 Å². The van der Waals surface area contributed by atoms with E-state index in [1.165, 1.54) is 12.8 Å². The maximum absolute atomic E-state index is 5.89. The average Bonchev–Trinajstić information content (AvgIpc) is 3.48. The zero-order valence-corrected chi connectivity index (χ0v) is 13.7. The Labute approximate surface area is 146 Å². The van der Waals surface area contributed by atoms with Gasteiger partial charge in [-0.15, -0.1) is 0 Å². The highest BCUT2D eigenvalue weighted by Gasteiger charge is 2.21. The third kappa shape index (κ3) is 4.23. The van der Waals surface area contributed by atoms with Gasteiger partial charge in [0.1, 0.15) is 11.6 Å². The van der Waals surface area contributed by atoms with E-state index in [1.807, 2.05) is 42.5 Å². The van der Waals surface area contributed by atoms with E-state index < -0.39 is 0 Å². The fourth-order valence-corrected chi connectivity index (χ4v) is 2.39. The summed E-state index contributed by atoms with van der Waals surface area (Å²) in [5.74, 6) is 3.45. The van der Waals surface area contributed by atoms with Gasteiger partial charge in [-0.05, 0) is 55.2 Å². The highest BCUT2D eigenvalue weighted by molar-refractivity contribution is 5.57. The molecule has 6 heteroatoms. The van der Waals surface area contributed by atoms with Crippen LogP contribution in [0.2, 0.25) is 0 Å². The van der Waals surface area contributed by atoms with Crippen molar-refractivity contribution in [3.8, 4) is 11.6 Å². The minimum absolute atomic E-state index is 0.494. The fraction of sp³-hybridized carbons (Fsp3) is 0.211. The molecule has 25 heavy (non-hydrogen) atoms. The second-order valence-corrected chi connectivity index (χ2v) is 6.00. The number of benzene rings is 1. The molecule has 6 nitrogen and oxygen atoms in total. The maximum Gasteiger partial charge on any atom is 0.262 e. The maximum atomic E-state index is 5.89. The van der Waals surface area contributed by atoms with Crippen molar-refractivity contribution in [1.82, 2.24) is 15.0 Å². The van der Waals surface area contributed by atoms with Crippen molar-refractivity contribution < 1.29 is 4.74 Å². The van der Waals surface area contributed by atoms with Gasteiger partial charge in [0.2, 0.25) is 0 Å². The molecule has 0 unspecified atom stereocenters. The lowest BCUT2D eigenvalue weighted by atomic mass is 10.3. The molecule has 1 aromatic carbocycles. The molecule has 2 heterocycles. The van der Waals surface area contributed by atoms with Crippen LogP contribution in [0.4, 0.5) is 17.3 Å². The molecule has 4 rings (SSSR count). The smallest absolute Gasteiger partial charge is 0.262 e. The third-order valence-electron chi connectivity index (χ3n) is 3.93. The minimum Gasteiger partial charge on any atom is -0.436 e. The molecule has 0 saturated heterocycles. The van der Waals surface area contributed by atoms with Crippen molar-refractivity contribution in [2.75, 3.05) is 17.2 Å². The van der Waals surface area contributed by atoms with Gasteiger partial charge in [-0.2, -0.15) is 0 Å². The Hall–Kier alpha value is -3.15. The lowest BCUT2D eigenvalue weighted by Gasteiger charge is -2.11. The molecular weight excluding hydrogens is 314 g/mol. The van der Waals surface area contributed by atoms with Crippen molar-refractivity contribution in [3.63, 3.8) is 0 Å². The third-order valence-corrected chi connectivity index (χ3v) is 3.93. The lowest BCUT2D eigenvalue weighted by Crippen LogP contribution is -2.07. The summed E-state index contributed by atoms with van der Waals surface area (Å²) in [5.41, 5.74) is 0.942. The molecule has 0 radical (unpaired) electrons. The van der Waals surface area contributed by atoms with Gasteiger partial charge in [0.05, 0.1) is 0 Å². The molecule has 0 spiro atoms. The molecule has 3 aromatic rings. The van der Waals surface area contributed by atoms with Gasteiger partial charge < -0.3 is 15.4 Å². The van der Waals surface area contributed by atoms with E-state index in [2.05, 4.69) is 25.6 Å². The predicted octanol–water partition coefficient (Wildman–Crippen LogP) is 4.23. The average molecular weight is 333 g/mol. The molecule has 0 aliphatic heterocycles. The van der Waals surface area contributed by atoms with Crippen molar-refractivity contribution in [3.05, 3.63) is 61.1 Å². The highest BCUT2D eigenvalue weighted by Crippen LogP contribution is 2.31. The van der Waals surface area contributed by atoms with Crippen LogP contribution in [0.25, 0.3) is 0 Å². The number of nitrogens with zero attached hydrogens (tertiary/aromatic N) is 3. The molecule has 0 bridgehead atoms. The normalized spacial score (nSPS) is 13.3. The summed E-state index contributed by atoms with van der Waals surface area (Å²) in [5, 5.41) is 6.56. The number of aromatic nitrogens is 3. The Morgan fingerprint density at radius 1 is 0.920 bits per heavy atom. The molecule has 0 amide bonds. The molecule has 2 aromatic heterocycles. The number of ether oxygens (including phenoxy) is 1. The molecular formula is C19H19N5O. The largest absolute Gasteiger partial charge is 0.436 e. The van der Waals surface area contributed by atoms with E-state index in [1.54, 1.807) is 18.6 Å². The molecule has 1 saturated carbocycles. The van der Waals surface area contributed by atoms with Crippen LogP contribution in [0.3, 0.4) is 0 Å². The topological polar surface area (TPSA) is 72.0 Å². The summed E-state index contributed by atoms with van der Waals surface area (Å²) in [4.78, 5) is 12.9. The summed E-state index contributed by atoms with van der Waals surface area (Å²) in [6, 6.07) is 13.4. The molecule has 2 N–H and O–H groups in total. The van der Waals surface area contributed by atoms with Crippen LogP contribution in [0.1, 0.15) is 12.8 Å². The molecule has 1 aliphatic rings. The van der Waals surface area contributed by atoms with Crippen molar-refractivity contribution in [2.24, 2.45) is 5.92 Å². The number of rotatable bonds is 7. The van der Waals surface area contributed by atoms with E-state index in [0.29, 0.717) is 17.4 Å². The van der Waals surface area contributed by atoms with E-state index in [4.69, 9.17) is 4.74 Å². The van der Waals surface area contributed by atoms with Crippen LogP contribution >= 0.6 is 0 Å². The van der Waals surface area contributed by atoms with Crippen molar-refractivity contribution in [2.45, 2.75) is 12.8 Å². The fourth-order valence-electron chi connectivity index (χ4n) is 2.39. The van der Waals surface area contributed by atoms with Gasteiger partial charge in [-0.1, -0.05) is 6.07 Å². The summed E-state index contributed by atoms with van der Waals surface area (Å²) in [6.07, 6.45) is 7.63. The van der Waals surface area contributed by atoms with E-state index in [-0.39, 0.29) is 0 Å². The SMILES string of the molecule is c1ccc(Nc2ccc(Oc3nccnc3NCC3CC3)cc2)nc1. The molecule has 1 fully saturated rings. The zero-order valence-electron chi connectivity index (χ0n) is 13.7. The van der Waals surface area contributed by atoms with Gasteiger partial charge in [-0.3, -0.25) is 0 Å². The first kappa shape index (κ1) is 15.4. The van der Waals surface area contributed by atoms with E-state index in [9.17, 15) is 0 Å². The lowest BCUT2D eigenvalue weighted by molar-refractivity contribution is 0.462. The van der Waals surface area contributed by atoms with Crippen LogP contribution in [-0.2, 0) is 0 Å². The summed E-state index contributed by atoms with van der Waals surface area (Å²) >= 11 is 0. The van der Waals surface area contributed by atoms with Gasteiger partial charge in [-0.25, -0.2) is 15.0 Å². The van der Waals surface area contributed by atoms with Crippen LogP contribution in [-0.4, -0.2) is 21.5 Å². The van der Waals surface area contributed by atoms with Crippen LogP contribution in [0.5, 0.6) is 11.6 Å². The monoisotopic (exact) mass is 333 g/mol. The highest BCUT2D eigenvalue weighted by atomic mass is 16.5. The number of hydrogen-bond donors (Lipinski definition) is 2. The Bertz CT molecular complexity index is 819.